The number of hydrogen-bond acceptors (Lipinski definition) is 6. The van der Waals surface area contributed by atoms with Crippen LogP contribution in [-0.4, -0.2) is 19.9 Å². The number of aryl methyl sites for hydroxylation is 1. The van der Waals surface area contributed by atoms with Crippen molar-refractivity contribution < 1.29 is 8.42 Å². The Kier molecular flexibility index (Phi) is 5.14. The van der Waals surface area contributed by atoms with Gasteiger partial charge in [0.15, 0.2) is 5.13 Å². The largest absolute Gasteiger partial charge is 0.312 e. The summed E-state index contributed by atoms with van der Waals surface area (Å²) < 4.78 is 27.3. The van der Waals surface area contributed by atoms with Gasteiger partial charge in [-0.3, -0.25) is 4.72 Å². The fourth-order valence-electron chi connectivity index (χ4n) is 1.65. The van der Waals surface area contributed by atoms with Gasteiger partial charge in [-0.2, -0.15) is 0 Å². The van der Waals surface area contributed by atoms with Crippen LogP contribution in [0.1, 0.15) is 23.9 Å². The van der Waals surface area contributed by atoms with E-state index in [2.05, 4.69) is 21.9 Å². The fraction of sp³-hybridized carbons (Fsp3) is 0.417. The summed E-state index contributed by atoms with van der Waals surface area (Å²) in [5.41, 5.74) is 0.808. The summed E-state index contributed by atoms with van der Waals surface area (Å²) in [6.07, 6.45) is 1.02. The van der Waals surface area contributed by atoms with Gasteiger partial charge in [0.25, 0.3) is 10.0 Å². The van der Waals surface area contributed by atoms with Crippen LogP contribution in [0.5, 0.6) is 0 Å². The molecule has 2 heterocycles. The van der Waals surface area contributed by atoms with Crippen LogP contribution in [0, 0.1) is 6.92 Å². The molecule has 0 radical (unpaired) electrons. The van der Waals surface area contributed by atoms with E-state index in [1.165, 1.54) is 22.7 Å². The lowest BCUT2D eigenvalue weighted by Gasteiger charge is -2.07. The molecule has 2 rings (SSSR count). The van der Waals surface area contributed by atoms with Crippen LogP contribution in [0.2, 0.25) is 0 Å². The van der Waals surface area contributed by atoms with Gasteiger partial charge in [0.05, 0.1) is 5.69 Å². The zero-order valence-corrected chi connectivity index (χ0v) is 13.8. The van der Waals surface area contributed by atoms with E-state index >= 15 is 0 Å². The predicted octanol–water partition coefficient (Wildman–Crippen LogP) is 2.81. The third kappa shape index (κ3) is 3.78. The molecule has 0 aromatic carbocycles. The monoisotopic (exact) mass is 331 g/mol. The molecule has 0 aliphatic heterocycles. The zero-order valence-electron chi connectivity index (χ0n) is 11.3. The number of sulfonamides is 1. The molecule has 0 unspecified atom stereocenters. The van der Waals surface area contributed by atoms with E-state index in [9.17, 15) is 8.42 Å². The van der Waals surface area contributed by atoms with Crippen LogP contribution in [0.4, 0.5) is 5.13 Å². The average Bonchev–Trinajstić information content (AvgIpc) is 2.99. The summed E-state index contributed by atoms with van der Waals surface area (Å²) in [5.74, 6) is 0. The Morgan fingerprint density at radius 2 is 2.15 bits per heavy atom. The molecular weight excluding hydrogens is 314 g/mol. The highest BCUT2D eigenvalue weighted by Gasteiger charge is 2.20. The normalized spacial score (nSPS) is 11.7. The maximum absolute atomic E-state index is 12.4. The third-order valence-electron chi connectivity index (χ3n) is 2.55. The van der Waals surface area contributed by atoms with Gasteiger partial charge in [-0.05, 0) is 31.3 Å². The number of anilines is 1. The molecule has 5 nitrogen and oxygen atoms in total. The van der Waals surface area contributed by atoms with Crippen molar-refractivity contribution in [2.24, 2.45) is 0 Å². The molecule has 0 amide bonds. The van der Waals surface area contributed by atoms with Crippen molar-refractivity contribution in [3.8, 4) is 0 Å². The second kappa shape index (κ2) is 6.66. The minimum atomic E-state index is -3.56. The van der Waals surface area contributed by atoms with E-state index in [1.54, 1.807) is 11.4 Å². The van der Waals surface area contributed by atoms with Crippen molar-refractivity contribution in [3.05, 3.63) is 27.4 Å². The number of nitrogens with one attached hydrogen (secondary N) is 2. The van der Waals surface area contributed by atoms with Crippen molar-refractivity contribution in [1.29, 1.82) is 0 Å². The minimum absolute atomic E-state index is 0.332. The van der Waals surface area contributed by atoms with Crippen LogP contribution in [0.3, 0.4) is 0 Å². The molecule has 110 valence electrons. The SMILES string of the molecule is CCCNCc1sccc1S(=O)(=O)Nc1nc(C)cs1. The quantitative estimate of drug-likeness (QED) is 0.765. The van der Waals surface area contributed by atoms with Crippen LogP contribution in [0.25, 0.3) is 0 Å². The summed E-state index contributed by atoms with van der Waals surface area (Å²) >= 11 is 2.73. The van der Waals surface area contributed by atoms with Crippen molar-refractivity contribution in [3.63, 3.8) is 0 Å². The number of thiophene rings is 1. The predicted molar refractivity (Wildman–Crippen MR) is 84.0 cm³/mol. The first-order valence-electron chi connectivity index (χ1n) is 6.25. The Bertz CT molecular complexity index is 661. The Balaban J connectivity index is 2.15. The highest BCUT2D eigenvalue weighted by Crippen LogP contribution is 2.25. The Hall–Kier alpha value is -0.960. The molecule has 0 spiro atoms. The summed E-state index contributed by atoms with van der Waals surface area (Å²) in [7, 11) is -3.56. The first-order chi connectivity index (χ1) is 9.53. The lowest BCUT2D eigenvalue weighted by Crippen LogP contribution is -2.18. The van der Waals surface area contributed by atoms with Crippen LogP contribution in [0.15, 0.2) is 21.7 Å². The van der Waals surface area contributed by atoms with E-state index in [1.807, 2.05) is 12.3 Å². The van der Waals surface area contributed by atoms with Gasteiger partial charge in [0, 0.05) is 16.8 Å². The molecule has 2 N–H and O–H groups in total. The van der Waals surface area contributed by atoms with Crippen molar-refractivity contribution >= 4 is 37.8 Å². The van der Waals surface area contributed by atoms with E-state index in [0.717, 1.165) is 23.5 Å². The number of rotatable bonds is 7. The molecule has 2 aromatic rings. The van der Waals surface area contributed by atoms with E-state index in [-0.39, 0.29) is 0 Å². The highest BCUT2D eigenvalue weighted by molar-refractivity contribution is 7.93. The smallest absolute Gasteiger partial charge is 0.264 e. The molecule has 0 aliphatic carbocycles. The third-order valence-corrected chi connectivity index (χ3v) is 6.03. The molecular formula is C12H17N3O2S3. The number of hydrogen-bond donors (Lipinski definition) is 2. The van der Waals surface area contributed by atoms with Crippen LogP contribution in [-0.2, 0) is 16.6 Å². The van der Waals surface area contributed by atoms with Gasteiger partial charge in [-0.1, -0.05) is 6.92 Å². The van der Waals surface area contributed by atoms with Gasteiger partial charge >= 0.3 is 0 Å². The molecule has 2 aromatic heterocycles. The molecule has 0 atom stereocenters. The first-order valence-corrected chi connectivity index (χ1v) is 9.49. The summed E-state index contributed by atoms with van der Waals surface area (Å²) in [4.78, 5) is 5.28. The summed E-state index contributed by atoms with van der Waals surface area (Å²) in [6.45, 7) is 5.35. The van der Waals surface area contributed by atoms with Crippen LogP contribution >= 0.6 is 22.7 Å². The van der Waals surface area contributed by atoms with Gasteiger partial charge < -0.3 is 5.32 Å². The van der Waals surface area contributed by atoms with Gasteiger partial charge in [-0.25, -0.2) is 13.4 Å². The number of nitrogens with zero attached hydrogens (tertiary/aromatic N) is 1. The molecule has 0 saturated carbocycles. The molecule has 8 heteroatoms. The zero-order chi connectivity index (χ0) is 14.6. The molecule has 0 aliphatic rings. The summed E-state index contributed by atoms with van der Waals surface area (Å²) in [5, 5.41) is 7.24. The molecule has 20 heavy (non-hydrogen) atoms. The van der Waals surface area contributed by atoms with E-state index in [4.69, 9.17) is 0 Å². The Labute approximate surface area is 127 Å². The Morgan fingerprint density at radius 1 is 1.35 bits per heavy atom. The van der Waals surface area contributed by atoms with E-state index in [0.29, 0.717) is 16.6 Å². The Morgan fingerprint density at radius 3 is 2.80 bits per heavy atom. The molecule has 0 saturated heterocycles. The lowest BCUT2D eigenvalue weighted by molar-refractivity contribution is 0.599. The maximum Gasteiger partial charge on any atom is 0.264 e. The topological polar surface area (TPSA) is 71.1 Å². The second-order valence-corrected chi connectivity index (χ2v) is 7.79. The van der Waals surface area contributed by atoms with Crippen molar-refractivity contribution in [2.45, 2.75) is 31.7 Å². The first kappa shape index (κ1) is 15.4. The maximum atomic E-state index is 12.4. The van der Waals surface area contributed by atoms with E-state index < -0.39 is 10.0 Å². The average molecular weight is 331 g/mol. The van der Waals surface area contributed by atoms with Gasteiger partial charge in [-0.15, -0.1) is 22.7 Å². The van der Waals surface area contributed by atoms with Gasteiger partial charge in [0.1, 0.15) is 4.90 Å². The van der Waals surface area contributed by atoms with Gasteiger partial charge in [0.2, 0.25) is 0 Å². The second-order valence-electron chi connectivity index (χ2n) is 4.28. The molecule has 0 bridgehead atoms. The number of thiazole rings is 1. The minimum Gasteiger partial charge on any atom is -0.312 e. The standard InChI is InChI=1S/C12H17N3O2S3/c1-3-5-13-7-10-11(4-6-18-10)20(16,17)15-12-14-9(2)8-19-12/h4,6,8,13H,3,5,7H2,1-2H3,(H,14,15). The summed E-state index contributed by atoms with van der Waals surface area (Å²) in [6, 6.07) is 1.64. The highest BCUT2D eigenvalue weighted by atomic mass is 32.2. The van der Waals surface area contributed by atoms with Crippen molar-refractivity contribution in [2.75, 3.05) is 11.3 Å². The molecule has 0 fully saturated rings. The number of aromatic nitrogens is 1. The fourth-order valence-corrected chi connectivity index (χ4v) is 5.00. The van der Waals surface area contributed by atoms with Crippen molar-refractivity contribution in [1.82, 2.24) is 10.3 Å². The van der Waals surface area contributed by atoms with Crippen LogP contribution < -0.4 is 10.0 Å². The lowest BCUT2D eigenvalue weighted by atomic mass is 10.4.